The van der Waals surface area contributed by atoms with Crippen LogP contribution in [0.15, 0.2) is 180 Å². The van der Waals surface area contributed by atoms with Gasteiger partial charge in [-0.15, -0.1) is 11.3 Å². The lowest BCUT2D eigenvalue weighted by Crippen LogP contribution is -2.30. The molecule has 0 saturated carbocycles. The van der Waals surface area contributed by atoms with E-state index < -0.39 is 5.41 Å². The van der Waals surface area contributed by atoms with Crippen molar-refractivity contribution in [2.75, 3.05) is 4.90 Å². The molecular weight excluding hydrogens is 667 g/mol. The average Bonchev–Trinajstić information content (AvgIpc) is 3.87. The summed E-state index contributed by atoms with van der Waals surface area (Å²) >= 11 is 1.85. The van der Waals surface area contributed by atoms with Crippen LogP contribution in [-0.4, -0.2) is 0 Å². The number of ether oxygens (including phenoxy) is 1. The molecule has 2 aromatic heterocycles. The van der Waals surface area contributed by atoms with Crippen molar-refractivity contribution in [3.8, 4) is 22.6 Å². The molecule has 0 unspecified atom stereocenters. The van der Waals surface area contributed by atoms with Crippen molar-refractivity contribution < 1.29 is 9.15 Å². The molecule has 0 amide bonds. The second kappa shape index (κ2) is 10.7. The summed E-state index contributed by atoms with van der Waals surface area (Å²) in [7, 11) is 0. The molecule has 3 nitrogen and oxygen atoms in total. The van der Waals surface area contributed by atoms with Crippen molar-refractivity contribution in [2.45, 2.75) is 5.41 Å². The Morgan fingerprint density at radius 1 is 0.453 bits per heavy atom. The van der Waals surface area contributed by atoms with Crippen LogP contribution in [0.1, 0.15) is 21.6 Å². The fourth-order valence-corrected chi connectivity index (χ4v) is 10.4. The molecule has 0 N–H and O–H groups in total. The van der Waals surface area contributed by atoms with Crippen LogP contribution >= 0.6 is 11.3 Å². The Bertz CT molecular complexity index is 3090. The zero-order chi connectivity index (χ0) is 34.7. The Balaban J connectivity index is 1.11. The van der Waals surface area contributed by atoms with Crippen LogP contribution in [-0.2, 0) is 5.41 Å². The Hall–Kier alpha value is -6.62. The Labute approximate surface area is 309 Å². The van der Waals surface area contributed by atoms with E-state index in [2.05, 4.69) is 169 Å². The predicted molar refractivity (Wildman–Crippen MR) is 219 cm³/mol. The third kappa shape index (κ3) is 3.93. The maximum Gasteiger partial charge on any atom is 0.150 e. The number of para-hydroxylation sites is 2. The van der Waals surface area contributed by atoms with Gasteiger partial charge in [-0.1, -0.05) is 115 Å². The van der Waals surface area contributed by atoms with Gasteiger partial charge in [0.1, 0.15) is 16.9 Å². The number of hydrogen-bond donors (Lipinski definition) is 0. The third-order valence-corrected chi connectivity index (χ3v) is 12.6. The number of fused-ring (bicyclic) bond motifs is 15. The number of hydrogen-bond acceptors (Lipinski definition) is 4. The summed E-state index contributed by atoms with van der Waals surface area (Å²) in [6.07, 6.45) is 0. The molecule has 10 aromatic rings. The van der Waals surface area contributed by atoms with E-state index >= 15 is 0 Å². The van der Waals surface area contributed by atoms with E-state index in [1.54, 1.807) is 0 Å². The number of furan rings is 1. The first-order valence-electron chi connectivity index (χ1n) is 18.0. The lowest BCUT2D eigenvalue weighted by atomic mass is 9.69. The van der Waals surface area contributed by atoms with Gasteiger partial charge in [0, 0.05) is 49.6 Å². The summed E-state index contributed by atoms with van der Waals surface area (Å²) in [4.78, 5) is 3.57. The van der Waals surface area contributed by atoms with Gasteiger partial charge in [-0.25, -0.2) is 0 Å². The monoisotopic (exact) mass is 695 g/mol. The highest BCUT2D eigenvalue weighted by Crippen LogP contribution is 2.65. The minimum Gasteiger partial charge on any atom is -0.456 e. The maximum absolute atomic E-state index is 7.02. The zero-order valence-corrected chi connectivity index (χ0v) is 29.2. The molecule has 12 rings (SSSR count). The van der Waals surface area contributed by atoms with E-state index in [9.17, 15) is 0 Å². The minimum absolute atomic E-state index is 0.481. The van der Waals surface area contributed by atoms with Crippen LogP contribution < -0.4 is 9.64 Å². The van der Waals surface area contributed by atoms with E-state index in [0.717, 1.165) is 55.9 Å². The standard InChI is InChI=1S/C49H29NO2S/c1-2-12-31-27-32(22-21-30(31)11-1)50(34-23-25-38-37-15-5-9-19-43(37)51-45(38)29-34)33-24-26-46-39(28-33)47-48(53-46)49(42-18-8-10-20-44(42)52-47)40-16-6-3-13-35(40)36-14-4-7-17-41(36)49/h1-29H. The first kappa shape index (κ1) is 29.0. The van der Waals surface area contributed by atoms with Crippen LogP contribution in [0.4, 0.5) is 17.1 Å². The van der Waals surface area contributed by atoms with E-state index in [1.165, 1.54) is 48.2 Å². The number of benzene rings is 8. The molecule has 0 saturated heterocycles. The van der Waals surface area contributed by atoms with Gasteiger partial charge in [0.25, 0.3) is 0 Å². The number of anilines is 3. The van der Waals surface area contributed by atoms with Crippen molar-refractivity contribution in [2.24, 2.45) is 0 Å². The van der Waals surface area contributed by atoms with Crippen molar-refractivity contribution in [3.05, 3.63) is 197 Å². The van der Waals surface area contributed by atoms with Gasteiger partial charge in [-0.05, 0) is 87.6 Å². The Morgan fingerprint density at radius 2 is 1.08 bits per heavy atom. The molecule has 0 atom stereocenters. The van der Waals surface area contributed by atoms with E-state index in [1.807, 2.05) is 23.5 Å². The summed E-state index contributed by atoms with van der Waals surface area (Å²) in [5, 5.41) is 5.74. The van der Waals surface area contributed by atoms with Gasteiger partial charge in [0.15, 0.2) is 5.75 Å². The summed E-state index contributed by atoms with van der Waals surface area (Å²) in [6, 6.07) is 63.3. The fourth-order valence-electron chi connectivity index (χ4n) is 9.03. The highest BCUT2D eigenvalue weighted by Gasteiger charge is 2.52. The summed E-state index contributed by atoms with van der Waals surface area (Å²) in [6.45, 7) is 0. The van der Waals surface area contributed by atoms with Crippen LogP contribution in [0.5, 0.6) is 11.5 Å². The van der Waals surface area contributed by atoms with Gasteiger partial charge in [0.05, 0.1) is 10.3 Å². The molecule has 1 aliphatic heterocycles. The molecule has 248 valence electrons. The molecule has 2 aliphatic rings. The fraction of sp³-hybridized carbons (Fsp3) is 0.0204. The Morgan fingerprint density at radius 3 is 1.92 bits per heavy atom. The van der Waals surface area contributed by atoms with Crippen molar-refractivity contribution in [1.29, 1.82) is 0 Å². The normalized spacial score (nSPS) is 13.6. The van der Waals surface area contributed by atoms with Crippen LogP contribution in [0.25, 0.3) is 53.9 Å². The summed E-state index contributed by atoms with van der Waals surface area (Å²) in [5.74, 6) is 1.83. The first-order valence-corrected chi connectivity index (χ1v) is 18.8. The molecule has 53 heavy (non-hydrogen) atoms. The summed E-state index contributed by atoms with van der Waals surface area (Å²) < 4.78 is 14.6. The minimum atomic E-state index is -0.481. The van der Waals surface area contributed by atoms with Gasteiger partial charge in [0.2, 0.25) is 0 Å². The molecule has 0 radical (unpaired) electrons. The van der Waals surface area contributed by atoms with Gasteiger partial charge in [-0.2, -0.15) is 0 Å². The molecule has 0 fully saturated rings. The smallest absolute Gasteiger partial charge is 0.150 e. The first-order chi connectivity index (χ1) is 26.3. The van der Waals surface area contributed by atoms with E-state index in [0.29, 0.717) is 0 Å². The maximum atomic E-state index is 7.02. The van der Waals surface area contributed by atoms with E-state index in [4.69, 9.17) is 9.15 Å². The lowest BCUT2D eigenvalue weighted by molar-refractivity contribution is 0.447. The molecular formula is C49H29NO2S. The van der Waals surface area contributed by atoms with E-state index in [-0.39, 0.29) is 0 Å². The van der Waals surface area contributed by atoms with Crippen molar-refractivity contribution in [3.63, 3.8) is 0 Å². The number of thiophene rings is 1. The molecule has 1 spiro atoms. The number of nitrogens with zero attached hydrogens (tertiary/aromatic N) is 1. The van der Waals surface area contributed by atoms with Crippen LogP contribution in [0.2, 0.25) is 0 Å². The molecule has 0 bridgehead atoms. The second-order valence-electron chi connectivity index (χ2n) is 14.0. The Kier molecular flexibility index (Phi) is 5.86. The highest BCUT2D eigenvalue weighted by atomic mass is 32.1. The largest absolute Gasteiger partial charge is 0.456 e. The molecule has 8 aromatic carbocycles. The second-order valence-corrected chi connectivity index (χ2v) is 15.1. The van der Waals surface area contributed by atoms with Gasteiger partial charge in [-0.3, -0.25) is 0 Å². The van der Waals surface area contributed by atoms with Crippen molar-refractivity contribution >= 4 is 71.2 Å². The van der Waals surface area contributed by atoms with Crippen molar-refractivity contribution in [1.82, 2.24) is 0 Å². The topological polar surface area (TPSA) is 25.6 Å². The molecule has 4 heteroatoms. The molecule has 1 aliphatic carbocycles. The lowest BCUT2D eigenvalue weighted by Gasteiger charge is -2.37. The van der Waals surface area contributed by atoms with Crippen LogP contribution in [0.3, 0.4) is 0 Å². The third-order valence-electron chi connectivity index (χ3n) is 11.3. The summed E-state index contributed by atoms with van der Waals surface area (Å²) in [5.41, 5.74) is 10.8. The van der Waals surface area contributed by atoms with Gasteiger partial charge >= 0.3 is 0 Å². The zero-order valence-electron chi connectivity index (χ0n) is 28.4. The SMILES string of the molecule is c1ccc2c(c1)Oc1c(sc3ccc(N(c4ccc5ccccc5c4)c4ccc5c(c4)oc4ccccc45)cc13)C21c2ccccc2-c2ccccc21. The highest BCUT2D eigenvalue weighted by molar-refractivity contribution is 7.19. The quantitative estimate of drug-likeness (QED) is 0.184. The van der Waals surface area contributed by atoms with Crippen LogP contribution in [0, 0.1) is 0 Å². The predicted octanol–water partition coefficient (Wildman–Crippen LogP) is 13.9. The number of rotatable bonds is 3. The van der Waals surface area contributed by atoms with Gasteiger partial charge < -0.3 is 14.1 Å². The molecule has 3 heterocycles. The average molecular weight is 696 g/mol.